The van der Waals surface area contributed by atoms with Gasteiger partial charge in [-0.25, -0.2) is 9.59 Å². The van der Waals surface area contributed by atoms with Gasteiger partial charge in [-0.05, 0) is 30.5 Å². The zero-order valence-corrected chi connectivity index (χ0v) is 18.4. The van der Waals surface area contributed by atoms with Crippen molar-refractivity contribution in [1.29, 1.82) is 0 Å². The molecule has 1 aliphatic carbocycles. The Bertz CT molecular complexity index is 1110. The maximum absolute atomic E-state index is 12.9. The molecule has 0 atom stereocenters. The van der Waals surface area contributed by atoms with E-state index in [4.69, 9.17) is 19.0 Å². The summed E-state index contributed by atoms with van der Waals surface area (Å²) in [7, 11) is 4.57. The minimum absolute atomic E-state index is 0.0967. The van der Waals surface area contributed by atoms with Crippen LogP contribution >= 0.6 is 12.1 Å². The van der Waals surface area contributed by atoms with Crippen LogP contribution in [0.5, 0.6) is 11.5 Å². The first-order chi connectivity index (χ1) is 14.8. The van der Waals surface area contributed by atoms with Gasteiger partial charge in [-0.1, -0.05) is 11.6 Å². The Labute approximate surface area is 183 Å². The van der Waals surface area contributed by atoms with Crippen LogP contribution in [0.4, 0.5) is 4.79 Å². The van der Waals surface area contributed by atoms with E-state index in [1.807, 2.05) is 12.2 Å². The summed E-state index contributed by atoms with van der Waals surface area (Å²) in [6.07, 6.45) is 5.34. The zero-order chi connectivity index (χ0) is 22.5. The first-order valence-electron chi connectivity index (χ1n) is 9.55. The van der Waals surface area contributed by atoms with E-state index in [-0.39, 0.29) is 23.7 Å². The van der Waals surface area contributed by atoms with Gasteiger partial charge in [0.2, 0.25) is 0 Å². The van der Waals surface area contributed by atoms with Crippen molar-refractivity contribution < 1.29 is 23.8 Å². The average molecular weight is 448 g/mol. The second kappa shape index (κ2) is 9.90. The van der Waals surface area contributed by atoms with Crippen molar-refractivity contribution in [2.45, 2.75) is 25.9 Å². The molecule has 3 rings (SSSR count). The number of nitrogens with two attached hydrogens (primary N) is 1. The smallest absolute Gasteiger partial charge is 0.414 e. The van der Waals surface area contributed by atoms with Crippen molar-refractivity contribution >= 4 is 29.2 Å². The number of phenols is 1. The number of carbonyl (C=O) groups is 1. The van der Waals surface area contributed by atoms with Crippen LogP contribution in [-0.4, -0.2) is 37.3 Å². The number of amides is 1. The first kappa shape index (κ1) is 22.7. The van der Waals surface area contributed by atoms with Crippen LogP contribution in [0.1, 0.15) is 24.0 Å². The van der Waals surface area contributed by atoms with Gasteiger partial charge in [0.15, 0.2) is 11.5 Å². The second-order valence-electron chi connectivity index (χ2n) is 7.26. The lowest BCUT2D eigenvalue weighted by atomic mass is 9.93. The van der Waals surface area contributed by atoms with Gasteiger partial charge in [0.1, 0.15) is 5.58 Å². The molecule has 0 saturated carbocycles. The van der Waals surface area contributed by atoms with Crippen molar-refractivity contribution in [3.05, 3.63) is 57.1 Å². The molecule has 2 aromatic rings. The summed E-state index contributed by atoms with van der Waals surface area (Å²) in [5, 5.41) is 16.4. The SMILES string of the molecule is COCc1c(CC2=CC(NSN)=CCC2)c(=O)oc2cc(OC(=O)N(C)C)c(O)cc12. The molecular formula is C21H25N3O6S. The number of methoxy groups -OCH3 is 1. The summed E-state index contributed by atoms with van der Waals surface area (Å²) < 4.78 is 19.0. The molecule has 1 amide bonds. The molecule has 1 aromatic heterocycles. The standard InChI is InChI=1S/C21H25N3O6S/c1-24(2)21(27)30-19-10-18-14(9-17(19)25)16(11-28-3)15(20(26)29-18)8-12-5-4-6-13(7-12)23-31-22/h6-7,9-10,23,25H,4-5,8,11,22H2,1-3H3. The highest BCUT2D eigenvalue weighted by molar-refractivity contribution is 7.95. The highest BCUT2D eigenvalue weighted by Gasteiger charge is 2.20. The molecule has 1 heterocycles. The third kappa shape index (κ3) is 5.22. The summed E-state index contributed by atoms with van der Waals surface area (Å²) in [4.78, 5) is 25.9. The molecule has 1 aliphatic rings. The summed E-state index contributed by atoms with van der Waals surface area (Å²) in [6.45, 7) is 0.153. The number of ether oxygens (including phenoxy) is 2. The van der Waals surface area contributed by atoms with E-state index in [1.54, 1.807) is 0 Å². The highest BCUT2D eigenvalue weighted by atomic mass is 32.2. The topological polar surface area (TPSA) is 127 Å². The molecule has 0 radical (unpaired) electrons. The molecule has 0 fully saturated rings. The molecular weight excluding hydrogens is 422 g/mol. The van der Waals surface area contributed by atoms with E-state index in [1.165, 1.54) is 38.2 Å². The fourth-order valence-electron chi connectivity index (χ4n) is 3.34. The number of carbonyl (C=O) groups excluding carboxylic acids is 1. The number of phenolic OH excluding ortho intramolecular Hbond substituents is 1. The molecule has 4 N–H and O–H groups in total. The third-order valence-electron chi connectivity index (χ3n) is 4.82. The predicted molar refractivity (Wildman–Crippen MR) is 119 cm³/mol. The van der Waals surface area contributed by atoms with Crippen molar-refractivity contribution in [3.8, 4) is 11.5 Å². The predicted octanol–water partition coefficient (Wildman–Crippen LogP) is 2.96. The normalized spacial score (nSPS) is 13.5. The van der Waals surface area contributed by atoms with E-state index in [0.717, 1.165) is 36.2 Å². The number of fused-ring (bicyclic) bond motifs is 1. The van der Waals surface area contributed by atoms with Crippen molar-refractivity contribution in [2.24, 2.45) is 5.14 Å². The Balaban J connectivity index is 2.06. The number of allylic oxidation sites excluding steroid dienone is 3. The lowest BCUT2D eigenvalue weighted by Gasteiger charge is -2.17. The Morgan fingerprint density at radius 3 is 2.81 bits per heavy atom. The van der Waals surface area contributed by atoms with Gasteiger partial charge in [0.05, 0.1) is 6.61 Å². The van der Waals surface area contributed by atoms with Gasteiger partial charge in [-0.2, -0.15) is 0 Å². The Morgan fingerprint density at radius 2 is 2.13 bits per heavy atom. The molecule has 9 nitrogen and oxygen atoms in total. The van der Waals surface area contributed by atoms with E-state index in [2.05, 4.69) is 4.72 Å². The Kier molecular flexibility index (Phi) is 7.26. The minimum Gasteiger partial charge on any atom is -0.504 e. The molecule has 1 aromatic carbocycles. The van der Waals surface area contributed by atoms with Gasteiger partial charge < -0.3 is 28.6 Å². The van der Waals surface area contributed by atoms with Gasteiger partial charge in [-0.3, -0.25) is 5.14 Å². The zero-order valence-electron chi connectivity index (χ0n) is 17.6. The van der Waals surface area contributed by atoms with Crippen molar-refractivity contribution in [2.75, 3.05) is 21.2 Å². The molecule has 0 unspecified atom stereocenters. The average Bonchev–Trinajstić information content (AvgIpc) is 2.72. The Hall–Kier alpha value is -2.95. The van der Waals surface area contributed by atoms with Crippen LogP contribution in [0.15, 0.2) is 44.8 Å². The van der Waals surface area contributed by atoms with E-state index < -0.39 is 11.7 Å². The van der Waals surface area contributed by atoms with Crippen LogP contribution in [0.2, 0.25) is 0 Å². The van der Waals surface area contributed by atoms with Crippen molar-refractivity contribution in [1.82, 2.24) is 9.62 Å². The summed E-state index contributed by atoms with van der Waals surface area (Å²) in [6, 6.07) is 2.75. The van der Waals surface area contributed by atoms with E-state index >= 15 is 0 Å². The fraction of sp³-hybridized carbons (Fsp3) is 0.333. The molecule has 10 heteroatoms. The monoisotopic (exact) mass is 447 g/mol. The van der Waals surface area contributed by atoms with Crippen LogP contribution < -0.4 is 20.2 Å². The summed E-state index contributed by atoms with van der Waals surface area (Å²) in [5.74, 6) is -0.341. The van der Waals surface area contributed by atoms with Crippen LogP contribution in [-0.2, 0) is 17.8 Å². The van der Waals surface area contributed by atoms with Crippen LogP contribution in [0, 0.1) is 0 Å². The highest BCUT2D eigenvalue weighted by Crippen LogP contribution is 2.34. The number of hydrogen-bond acceptors (Lipinski definition) is 9. The molecule has 0 bridgehead atoms. The van der Waals surface area contributed by atoms with Gasteiger partial charge >= 0.3 is 11.7 Å². The lowest BCUT2D eigenvalue weighted by molar-refractivity contribution is 0.170. The quantitative estimate of drug-likeness (QED) is 0.433. The maximum Gasteiger partial charge on any atom is 0.414 e. The number of hydrogen-bond donors (Lipinski definition) is 3. The van der Waals surface area contributed by atoms with E-state index in [9.17, 15) is 14.7 Å². The minimum atomic E-state index is -0.664. The maximum atomic E-state index is 12.9. The summed E-state index contributed by atoms with van der Waals surface area (Å²) in [5.41, 5.74) is 2.70. The van der Waals surface area contributed by atoms with Gasteiger partial charge in [0, 0.05) is 62.5 Å². The number of benzene rings is 1. The summed E-state index contributed by atoms with van der Waals surface area (Å²) >= 11 is 1.01. The molecule has 166 valence electrons. The van der Waals surface area contributed by atoms with Gasteiger partial charge in [-0.15, -0.1) is 0 Å². The molecule has 31 heavy (non-hydrogen) atoms. The molecule has 0 spiro atoms. The first-order valence-corrected chi connectivity index (χ1v) is 10.4. The third-order valence-corrected chi connectivity index (χ3v) is 5.17. The number of nitrogens with zero attached hydrogens (tertiary/aromatic N) is 1. The molecule has 0 saturated heterocycles. The lowest BCUT2D eigenvalue weighted by Crippen LogP contribution is -2.25. The van der Waals surface area contributed by atoms with Crippen molar-refractivity contribution in [3.63, 3.8) is 0 Å². The number of aromatic hydroxyl groups is 1. The van der Waals surface area contributed by atoms with E-state index in [0.29, 0.717) is 22.9 Å². The second-order valence-corrected chi connectivity index (χ2v) is 7.70. The Morgan fingerprint density at radius 1 is 1.35 bits per heavy atom. The van der Waals surface area contributed by atoms with Gasteiger partial charge in [0.25, 0.3) is 0 Å². The van der Waals surface area contributed by atoms with Crippen LogP contribution in [0.25, 0.3) is 11.0 Å². The number of rotatable bonds is 7. The van der Waals surface area contributed by atoms with Crippen LogP contribution in [0.3, 0.4) is 0 Å². The number of nitrogens with one attached hydrogen (secondary N) is 1. The largest absolute Gasteiger partial charge is 0.504 e. The molecule has 0 aliphatic heterocycles. The fourth-order valence-corrected chi connectivity index (χ4v) is 3.62.